The zero-order valence-electron chi connectivity index (χ0n) is 14.3. The van der Waals surface area contributed by atoms with Gasteiger partial charge in [-0.3, -0.25) is 14.9 Å². The van der Waals surface area contributed by atoms with Crippen molar-refractivity contribution in [2.75, 3.05) is 13.2 Å². The topological polar surface area (TPSA) is 105 Å². The van der Waals surface area contributed by atoms with E-state index in [1.54, 1.807) is 19.1 Å². The summed E-state index contributed by atoms with van der Waals surface area (Å²) >= 11 is 0. The van der Waals surface area contributed by atoms with Crippen molar-refractivity contribution in [3.8, 4) is 11.5 Å². The van der Waals surface area contributed by atoms with E-state index in [1.165, 1.54) is 36.4 Å². The van der Waals surface area contributed by atoms with E-state index in [4.69, 9.17) is 14.2 Å². The molecule has 0 bridgehead atoms. The molecule has 0 saturated heterocycles. The van der Waals surface area contributed by atoms with Gasteiger partial charge in [-0.15, -0.1) is 0 Å². The Hall–Kier alpha value is -3.68. The monoisotopic (exact) mass is 369 g/mol. The first-order chi connectivity index (χ1) is 13.0. The van der Waals surface area contributed by atoms with Crippen LogP contribution in [0.5, 0.6) is 11.5 Å². The van der Waals surface area contributed by atoms with Crippen LogP contribution in [0.2, 0.25) is 0 Å². The number of non-ortho nitro benzene ring substituents is 1. The molecule has 1 aliphatic heterocycles. The molecular weight excluding hydrogens is 354 g/mol. The van der Waals surface area contributed by atoms with Gasteiger partial charge in [0.05, 0.1) is 17.1 Å². The summed E-state index contributed by atoms with van der Waals surface area (Å²) in [5.74, 6) is -0.146. The number of ketones is 1. The smallest absolute Gasteiger partial charge is 0.344 e. The van der Waals surface area contributed by atoms with Crippen LogP contribution in [0, 0.1) is 10.1 Å². The molecule has 0 aromatic heterocycles. The zero-order valence-corrected chi connectivity index (χ0v) is 14.3. The molecule has 0 atom stereocenters. The molecule has 0 spiro atoms. The summed E-state index contributed by atoms with van der Waals surface area (Å²) in [7, 11) is 0. The molecule has 3 rings (SSSR count). The van der Waals surface area contributed by atoms with E-state index < -0.39 is 10.9 Å². The van der Waals surface area contributed by atoms with Crippen LogP contribution in [0.25, 0.3) is 6.08 Å². The number of Topliss-reactive ketones (excluding diaryl/α,β-unsaturated/α-hetero) is 1. The predicted octanol–water partition coefficient (Wildman–Crippen LogP) is 3.15. The third-order valence-electron chi connectivity index (χ3n) is 3.68. The first-order valence-corrected chi connectivity index (χ1v) is 8.09. The number of nitrogens with zero attached hydrogens (tertiary/aromatic N) is 1. The number of nitro groups is 1. The highest BCUT2D eigenvalue weighted by Crippen LogP contribution is 2.35. The van der Waals surface area contributed by atoms with Gasteiger partial charge in [-0.1, -0.05) is 12.1 Å². The van der Waals surface area contributed by atoms with Crippen LogP contribution in [0.15, 0.2) is 48.2 Å². The van der Waals surface area contributed by atoms with Crippen molar-refractivity contribution in [2.24, 2.45) is 0 Å². The molecule has 8 nitrogen and oxygen atoms in total. The summed E-state index contributed by atoms with van der Waals surface area (Å²) in [4.78, 5) is 34.1. The van der Waals surface area contributed by atoms with Gasteiger partial charge in [-0.2, -0.15) is 0 Å². The number of carbonyl (C=O) groups is 2. The molecule has 0 saturated carbocycles. The molecule has 27 heavy (non-hydrogen) atoms. The lowest BCUT2D eigenvalue weighted by molar-refractivity contribution is -0.384. The van der Waals surface area contributed by atoms with Gasteiger partial charge in [0.15, 0.2) is 12.4 Å². The number of allylic oxidation sites excluding steroid dienone is 1. The zero-order chi connectivity index (χ0) is 19.4. The average molecular weight is 369 g/mol. The molecule has 8 heteroatoms. The molecule has 2 aromatic rings. The second-order valence-corrected chi connectivity index (χ2v) is 5.54. The van der Waals surface area contributed by atoms with Crippen molar-refractivity contribution in [3.05, 3.63) is 69.5 Å². The SMILES string of the molecule is CCOC(=O)COc1ccc2c(c1)OC(=Cc1cccc([N+](=O)[O-])c1)C2=O. The van der Waals surface area contributed by atoms with Crippen LogP contribution < -0.4 is 9.47 Å². The Kier molecular flexibility index (Phi) is 5.16. The number of ether oxygens (including phenoxy) is 3. The Morgan fingerprint density at radius 2 is 2.07 bits per heavy atom. The van der Waals surface area contributed by atoms with E-state index in [0.29, 0.717) is 16.9 Å². The van der Waals surface area contributed by atoms with Crippen LogP contribution in [-0.4, -0.2) is 29.9 Å². The molecule has 138 valence electrons. The van der Waals surface area contributed by atoms with Gasteiger partial charge in [0.2, 0.25) is 5.78 Å². The molecule has 1 aliphatic rings. The van der Waals surface area contributed by atoms with Crippen molar-refractivity contribution in [1.82, 2.24) is 0 Å². The van der Waals surface area contributed by atoms with Crippen molar-refractivity contribution in [1.29, 1.82) is 0 Å². The molecular formula is C19H15NO7. The highest BCUT2D eigenvalue weighted by atomic mass is 16.6. The second-order valence-electron chi connectivity index (χ2n) is 5.54. The fourth-order valence-corrected chi connectivity index (χ4v) is 2.48. The predicted molar refractivity (Wildman–Crippen MR) is 94.6 cm³/mol. The Morgan fingerprint density at radius 3 is 2.81 bits per heavy atom. The minimum atomic E-state index is -0.513. The minimum absolute atomic E-state index is 0.0491. The van der Waals surface area contributed by atoms with Gasteiger partial charge in [0.25, 0.3) is 5.69 Å². The molecule has 2 aromatic carbocycles. The maximum Gasteiger partial charge on any atom is 0.344 e. The van der Waals surface area contributed by atoms with Crippen LogP contribution >= 0.6 is 0 Å². The average Bonchev–Trinajstić information content (AvgIpc) is 2.95. The highest BCUT2D eigenvalue weighted by Gasteiger charge is 2.28. The quantitative estimate of drug-likeness (QED) is 0.333. The van der Waals surface area contributed by atoms with Crippen molar-refractivity contribution in [2.45, 2.75) is 6.92 Å². The number of esters is 1. The summed E-state index contributed by atoms with van der Waals surface area (Å²) in [6.07, 6.45) is 1.44. The number of nitro benzene ring substituents is 1. The molecule has 0 N–H and O–H groups in total. The normalized spacial score (nSPS) is 13.8. The molecule has 0 amide bonds. The lowest BCUT2D eigenvalue weighted by Crippen LogP contribution is -2.14. The van der Waals surface area contributed by atoms with Gasteiger partial charge < -0.3 is 14.2 Å². The second kappa shape index (κ2) is 7.69. The van der Waals surface area contributed by atoms with E-state index in [1.807, 2.05) is 0 Å². The number of rotatable bonds is 6. The first kappa shape index (κ1) is 18.1. The van der Waals surface area contributed by atoms with E-state index in [2.05, 4.69) is 0 Å². The number of carbonyl (C=O) groups excluding carboxylic acids is 2. The van der Waals surface area contributed by atoms with E-state index in [0.717, 1.165) is 0 Å². The van der Waals surface area contributed by atoms with Gasteiger partial charge in [-0.25, -0.2) is 4.79 Å². The Morgan fingerprint density at radius 1 is 1.26 bits per heavy atom. The van der Waals surface area contributed by atoms with Crippen molar-refractivity contribution < 1.29 is 28.7 Å². The van der Waals surface area contributed by atoms with Crippen LogP contribution in [-0.2, 0) is 9.53 Å². The maximum atomic E-state index is 12.4. The Balaban J connectivity index is 1.77. The van der Waals surface area contributed by atoms with Crippen LogP contribution in [0.3, 0.4) is 0 Å². The fourth-order valence-electron chi connectivity index (χ4n) is 2.48. The first-order valence-electron chi connectivity index (χ1n) is 8.09. The third kappa shape index (κ3) is 4.12. The Labute approximate surface area is 154 Å². The highest BCUT2D eigenvalue weighted by molar-refractivity contribution is 6.14. The van der Waals surface area contributed by atoms with Crippen molar-refractivity contribution in [3.63, 3.8) is 0 Å². The molecule has 0 fully saturated rings. The molecule has 0 unspecified atom stereocenters. The summed E-state index contributed by atoms with van der Waals surface area (Å²) < 4.78 is 15.7. The van der Waals surface area contributed by atoms with Gasteiger partial charge >= 0.3 is 5.97 Å². The number of hydrogen-bond donors (Lipinski definition) is 0. The minimum Gasteiger partial charge on any atom is -0.482 e. The van der Waals surface area contributed by atoms with Gasteiger partial charge in [0, 0.05) is 18.2 Å². The molecule has 1 heterocycles. The lowest BCUT2D eigenvalue weighted by Gasteiger charge is -2.06. The summed E-state index contributed by atoms with van der Waals surface area (Å²) in [6.45, 7) is 1.70. The van der Waals surface area contributed by atoms with Crippen LogP contribution in [0.1, 0.15) is 22.8 Å². The maximum absolute atomic E-state index is 12.4. The molecule has 0 aliphatic carbocycles. The fraction of sp³-hybridized carbons (Fsp3) is 0.158. The largest absolute Gasteiger partial charge is 0.482 e. The number of fused-ring (bicyclic) bond motifs is 1. The summed E-state index contributed by atoms with van der Waals surface area (Å²) in [5.41, 5.74) is 0.733. The molecule has 0 radical (unpaired) electrons. The standard InChI is InChI=1S/C19H15NO7/c1-2-25-18(21)11-26-14-6-7-15-16(10-14)27-17(19(15)22)9-12-4-3-5-13(8-12)20(23)24/h3-10H,2,11H2,1H3. The van der Waals surface area contributed by atoms with Crippen molar-refractivity contribution >= 4 is 23.5 Å². The van der Waals surface area contributed by atoms with Gasteiger partial charge in [0.1, 0.15) is 11.5 Å². The van der Waals surface area contributed by atoms with E-state index >= 15 is 0 Å². The summed E-state index contributed by atoms with van der Waals surface area (Å²) in [6, 6.07) is 10.5. The van der Waals surface area contributed by atoms with Crippen LogP contribution in [0.4, 0.5) is 5.69 Å². The third-order valence-corrected chi connectivity index (χ3v) is 3.68. The Bertz CT molecular complexity index is 949. The lowest BCUT2D eigenvalue weighted by atomic mass is 10.1. The summed E-state index contributed by atoms with van der Waals surface area (Å²) in [5, 5.41) is 10.9. The number of benzene rings is 2. The van der Waals surface area contributed by atoms with E-state index in [-0.39, 0.29) is 36.2 Å². The number of hydrogen-bond acceptors (Lipinski definition) is 7. The van der Waals surface area contributed by atoms with E-state index in [9.17, 15) is 19.7 Å². The van der Waals surface area contributed by atoms with Gasteiger partial charge in [-0.05, 0) is 30.7 Å².